The third kappa shape index (κ3) is 4.32. The lowest BCUT2D eigenvalue weighted by molar-refractivity contribution is 0.0976. The van der Waals surface area contributed by atoms with E-state index < -0.39 is 0 Å². The second kappa shape index (κ2) is 9.29. The van der Waals surface area contributed by atoms with Gasteiger partial charge < -0.3 is 9.42 Å². The smallest absolute Gasteiger partial charge is 0.264 e. The summed E-state index contributed by atoms with van der Waals surface area (Å²) < 4.78 is 5.52. The van der Waals surface area contributed by atoms with E-state index in [4.69, 9.17) is 16.1 Å². The zero-order valence-corrected chi connectivity index (χ0v) is 21.7. The average Bonchev–Trinajstić information content (AvgIpc) is 3.37. The average molecular weight is 490 g/mol. The second-order valence-corrected chi connectivity index (χ2v) is 10.6. The van der Waals surface area contributed by atoms with Crippen molar-refractivity contribution in [2.75, 3.05) is 31.1 Å². The summed E-state index contributed by atoms with van der Waals surface area (Å²) in [6.07, 6.45) is 4.36. The monoisotopic (exact) mass is 489 g/mol. The van der Waals surface area contributed by atoms with Gasteiger partial charge in [-0.25, -0.2) is 0 Å². The molecule has 5 nitrogen and oxygen atoms in total. The highest BCUT2D eigenvalue weighted by Crippen LogP contribution is 2.48. The molecule has 2 aromatic carbocycles. The lowest BCUT2D eigenvalue weighted by atomic mass is 9.74. The Morgan fingerprint density at radius 2 is 1.89 bits per heavy atom. The van der Waals surface area contributed by atoms with Crippen LogP contribution in [-0.4, -0.2) is 42.1 Å². The van der Waals surface area contributed by atoms with Gasteiger partial charge in [0, 0.05) is 29.8 Å². The maximum Gasteiger partial charge on any atom is 0.264 e. The van der Waals surface area contributed by atoms with E-state index in [0.717, 1.165) is 38.2 Å². The summed E-state index contributed by atoms with van der Waals surface area (Å²) in [5.41, 5.74) is 6.54. The molecule has 0 N–H and O–H groups in total. The minimum absolute atomic E-state index is 0.0336. The Balaban J connectivity index is 1.49. The number of halogens is 1. The number of aryl methyl sites for hydroxylation is 2. The van der Waals surface area contributed by atoms with E-state index in [9.17, 15) is 4.79 Å². The zero-order chi connectivity index (χ0) is 24.7. The first kappa shape index (κ1) is 23.8. The third-order valence-corrected chi connectivity index (χ3v) is 7.83. The number of hydrogen-bond acceptors (Lipinski definition) is 4. The number of carbonyl (C=O) groups is 1. The Bertz CT molecular complexity index is 1300. The van der Waals surface area contributed by atoms with Crippen molar-refractivity contribution in [3.8, 4) is 11.3 Å². The van der Waals surface area contributed by atoms with E-state index in [1.54, 1.807) is 13.0 Å². The predicted molar refractivity (Wildman–Crippen MR) is 141 cm³/mol. The van der Waals surface area contributed by atoms with Gasteiger partial charge in [-0.2, -0.15) is 0 Å². The minimum atomic E-state index is -0.0763. The second-order valence-electron chi connectivity index (χ2n) is 10.2. The van der Waals surface area contributed by atoms with Gasteiger partial charge in [-0.15, -0.1) is 0 Å². The summed E-state index contributed by atoms with van der Waals surface area (Å²) in [5.74, 6) is 0.434. The largest absolute Gasteiger partial charge is 0.360 e. The van der Waals surface area contributed by atoms with Crippen molar-refractivity contribution in [3.05, 3.63) is 81.6 Å². The van der Waals surface area contributed by atoms with Crippen molar-refractivity contribution in [2.24, 2.45) is 0 Å². The Morgan fingerprint density at radius 3 is 2.60 bits per heavy atom. The number of allylic oxidation sites excluding steroid dienone is 1. The van der Waals surface area contributed by atoms with Crippen LogP contribution in [0.2, 0.25) is 5.02 Å². The van der Waals surface area contributed by atoms with Crippen LogP contribution in [-0.2, 0) is 5.41 Å². The summed E-state index contributed by atoms with van der Waals surface area (Å²) in [5, 5.41) is 4.79. The lowest BCUT2D eigenvalue weighted by Crippen LogP contribution is -2.46. The fourth-order valence-electron chi connectivity index (χ4n) is 5.46. The van der Waals surface area contributed by atoms with Gasteiger partial charge in [0.2, 0.25) is 0 Å². The summed E-state index contributed by atoms with van der Waals surface area (Å²) in [6, 6.07) is 13.9. The van der Waals surface area contributed by atoms with E-state index >= 15 is 0 Å². The molecule has 3 heterocycles. The molecule has 35 heavy (non-hydrogen) atoms. The molecule has 1 fully saturated rings. The number of benzene rings is 2. The molecule has 0 saturated carbocycles. The standard InChI is InChI=1S/C29H32ClN3O2/c1-19(2)11-14-32-15-12-29(13-16-32)18-33(25-10-9-20(3)17-23(25)29)28(34)26-21(4)35-31-27(26)22-7-5-6-8-24(22)30/h5-11,17H,12-16,18H2,1-4H3. The SMILES string of the molecule is CC(C)=CCN1CCC2(CC1)CN(C(=O)c1c(-c3ccccc3Cl)noc1C)c1ccc(C)cc12. The number of nitrogens with zero attached hydrogens (tertiary/aromatic N) is 3. The quantitative estimate of drug-likeness (QED) is 0.389. The molecule has 0 bridgehead atoms. The predicted octanol–water partition coefficient (Wildman–Crippen LogP) is 6.57. The lowest BCUT2D eigenvalue weighted by Gasteiger charge is -2.39. The first-order valence-electron chi connectivity index (χ1n) is 12.3. The summed E-state index contributed by atoms with van der Waals surface area (Å²) in [7, 11) is 0. The first-order chi connectivity index (χ1) is 16.8. The Hall–Kier alpha value is -2.89. The van der Waals surface area contributed by atoms with E-state index in [-0.39, 0.29) is 11.3 Å². The number of fused-ring (bicyclic) bond motifs is 2. The molecule has 3 aromatic rings. The molecule has 1 saturated heterocycles. The van der Waals surface area contributed by atoms with Gasteiger partial charge in [-0.1, -0.05) is 64.3 Å². The Morgan fingerprint density at radius 1 is 1.14 bits per heavy atom. The molecule has 6 heteroatoms. The van der Waals surface area contributed by atoms with Crippen molar-refractivity contribution in [3.63, 3.8) is 0 Å². The van der Waals surface area contributed by atoms with Gasteiger partial charge in [0.05, 0.1) is 5.02 Å². The molecule has 2 aliphatic heterocycles. The summed E-state index contributed by atoms with van der Waals surface area (Å²) >= 11 is 6.46. The number of likely N-dealkylation sites (tertiary alicyclic amines) is 1. The van der Waals surface area contributed by atoms with E-state index in [0.29, 0.717) is 34.1 Å². The molecular formula is C29H32ClN3O2. The Labute approximate surface area is 212 Å². The Kier molecular flexibility index (Phi) is 6.32. The molecular weight excluding hydrogens is 458 g/mol. The maximum atomic E-state index is 14.1. The van der Waals surface area contributed by atoms with Crippen LogP contribution in [0.5, 0.6) is 0 Å². The molecule has 182 valence electrons. The number of amides is 1. The topological polar surface area (TPSA) is 49.6 Å². The molecule has 0 unspecified atom stereocenters. The van der Waals surface area contributed by atoms with E-state index in [2.05, 4.69) is 55.1 Å². The zero-order valence-electron chi connectivity index (χ0n) is 20.9. The number of hydrogen-bond donors (Lipinski definition) is 0. The van der Waals surface area contributed by atoms with E-state index in [1.165, 1.54) is 16.7 Å². The van der Waals surface area contributed by atoms with Gasteiger partial charge in [-0.05, 0) is 71.3 Å². The van der Waals surface area contributed by atoms with Crippen LogP contribution in [0.1, 0.15) is 53.9 Å². The van der Waals surface area contributed by atoms with Crippen LogP contribution in [0.15, 0.2) is 58.6 Å². The van der Waals surface area contributed by atoms with Crippen molar-refractivity contribution in [2.45, 2.75) is 46.0 Å². The van der Waals surface area contributed by atoms with Crippen molar-refractivity contribution in [1.29, 1.82) is 0 Å². The van der Waals surface area contributed by atoms with Crippen molar-refractivity contribution >= 4 is 23.2 Å². The number of rotatable bonds is 4. The van der Waals surface area contributed by atoms with Gasteiger partial charge in [0.1, 0.15) is 17.0 Å². The molecule has 5 rings (SSSR count). The van der Waals surface area contributed by atoms with Gasteiger partial charge in [-0.3, -0.25) is 9.69 Å². The minimum Gasteiger partial charge on any atom is -0.360 e. The molecule has 1 amide bonds. The number of anilines is 1. The molecule has 0 radical (unpaired) electrons. The molecule has 1 aromatic heterocycles. The third-order valence-electron chi connectivity index (χ3n) is 7.50. The molecule has 2 aliphatic rings. The fraction of sp³-hybridized carbons (Fsp3) is 0.379. The first-order valence-corrected chi connectivity index (χ1v) is 12.7. The normalized spacial score (nSPS) is 17.0. The fourth-order valence-corrected chi connectivity index (χ4v) is 5.69. The van der Waals surface area contributed by atoms with Crippen molar-refractivity contribution < 1.29 is 9.32 Å². The molecule has 1 spiro atoms. The molecule has 0 atom stereocenters. The van der Waals surface area contributed by atoms with Gasteiger partial charge >= 0.3 is 0 Å². The molecule has 0 aliphatic carbocycles. The highest BCUT2D eigenvalue weighted by Gasteiger charge is 2.47. The van der Waals surface area contributed by atoms with Crippen LogP contribution >= 0.6 is 11.6 Å². The van der Waals surface area contributed by atoms with Gasteiger partial charge in [0.15, 0.2) is 0 Å². The van der Waals surface area contributed by atoms with Crippen LogP contribution in [0.3, 0.4) is 0 Å². The number of piperidine rings is 1. The van der Waals surface area contributed by atoms with Crippen LogP contribution < -0.4 is 4.90 Å². The summed E-state index contributed by atoms with van der Waals surface area (Å²) in [4.78, 5) is 18.6. The van der Waals surface area contributed by atoms with Crippen LogP contribution in [0, 0.1) is 13.8 Å². The number of carbonyl (C=O) groups excluding carboxylic acids is 1. The number of aromatic nitrogens is 1. The van der Waals surface area contributed by atoms with Crippen LogP contribution in [0.25, 0.3) is 11.3 Å². The highest BCUT2D eigenvalue weighted by atomic mass is 35.5. The maximum absolute atomic E-state index is 14.1. The van der Waals surface area contributed by atoms with Crippen molar-refractivity contribution in [1.82, 2.24) is 10.1 Å². The van der Waals surface area contributed by atoms with Crippen LogP contribution in [0.4, 0.5) is 5.69 Å². The van der Waals surface area contributed by atoms with Gasteiger partial charge in [0.25, 0.3) is 5.91 Å². The summed E-state index contributed by atoms with van der Waals surface area (Å²) in [6.45, 7) is 11.9. The van der Waals surface area contributed by atoms with E-state index in [1.807, 2.05) is 23.1 Å². The highest BCUT2D eigenvalue weighted by molar-refractivity contribution is 6.33.